The highest BCUT2D eigenvalue weighted by atomic mass is 32.1. The molecule has 12 rings (SSSR count). The summed E-state index contributed by atoms with van der Waals surface area (Å²) in [5, 5.41) is 5.09. The molecule has 2 heteroatoms. The zero-order valence-electron chi connectivity index (χ0n) is 33.4. The number of fused-ring (bicyclic) bond motifs is 7. The smallest absolute Gasteiger partial charge is 0.0714 e. The van der Waals surface area contributed by atoms with Gasteiger partial charge < -0.3 is 4.90 Å². The minimum Gasteiger partial charge on any atom is -0.309 e. The van der Waals surface area contributed by atoms with E-state index in [1.807, 2.05) is 11.3 Å². The molecule has 1 heterocycles. The molecule has 1 aliphatic rings. The standard InChI is InChI=1S/C59H39NS/c1-3-22-43(23-4-1)59(44-24-5-2-6-25-44)52-31-12-9-29-51(52)58-53(59)32-17-34-55(58)60(45-36-37-50-49-28-11-14-35-56(49)61-57(50)39-45)54-33-13-10-27-48(54)42-21-15-20-41(38-42)47-30-16-19-40-18-7-8-26-46(40)47/h1-39H. The zero-order chi connectivity index (χ0) is 40.3. The average molecular weight is 794 g/mol. The molecule has 0 N–H and O–H groups in total. The van der Waals surface area contributed by atoms with Crippen LogP contribution >= 0.6 is 11.3 Å². The van der Waals surface area contributed by atoms with Gasteiger partial charge in [0, 0.05) is 37.0 Å². The highest BCUT2D eigenvalue weighted by Crippen LogP contribution is 2.60. The Balaban J connectivity index is 1.14. The Kier molecular flexibility index (Phi) is 8.33. The van der Waals surface area contributed by atoms with E-state index in [0.717, 1.165) is 17.1 Å². The van der Waals surface area contributed by atoms with Crippen LogP contribution in [0.25, 0.3) is 64.3 Å². The number of para-hydroxylation sites is 1. The predicted octanol–water partition coefficient (Wildman–Crippen LogP) is 16.4. The number of benzene rings is 10. The zero-order valence-corrected chi connectivity index (χ0v) is 34.2. The van der Waals surface area contributed by atoms with Gasteiger partial charge in [-0.2, -0.15) is 0 Å². The first-order valence-electron chi connectivity index (χ1n) is 21.0. The van der Waals surface area contributed by atoms with Crippen LogP contribution in [0.1, 0.15) is 22.3 Å². The van der Waals surface area contributed by atoms with E-state index < -0.39 is 5.41 Å². The van der Waals surface area contributed by atoms with Crippen LogP contribution in [-0.2, 0) is 5.41 Å². The first kappa shape index (κ1) is 35.4. The van der Waals surface area contributed by atoms with Crippen molar-refractivity contribution < 1.29 is 0 Å². The van der Waals surface area contributed by atoms with Gasteiger partial charge in [-0.15, -0.1) is 11.3 Å². The lowest BCUT2D eigenvalue weighted by molar-refractivity contribution is 0.768. The van der Waals surface area contributed by atoms with Gasteiger partial charge >= 0.3 is 0 Å². The van der Waals surface area contributed by atoms with E-state index in [4.69, 9.17) is 0 Å². The molecule has 0 radical (unpaired) electrons. The molecular weight excluding hydrogens is 755 g/mol. The van der Waals surface area contributed by atoms with Crippen LogP contribution in [0, 0.1) is 0 Å². The summed E-state index contributed by atoms with van der Waals surface area (Å²) in [6.07, 6.45) is 0. The summed E-state index contributed by atoms with van der Waals surface area (Å²) in [7, 11) is 0. The summed E-state index contributed by atoms with van der Waals surface area (Å²) < 4.78 is 2.58. The molecule has 10 aromatic carbocycles. The Morgan fingerprint density at radius 2 is 0.902 bits per heavy atom. The molecule has 0 aliphatic heterocycles. The van der Waals surface area contributed by atoms with E-state index in [1.54, 1.807) is 0 Å². The maximum atomic E-state index is 2.53. The minimum absolute atomic E-state index is 0.516. The van der Waals surface area contributed by atoms with Crippen LogP contribution in [0.4, 0.5) is 17.1 Å². The molecule has 61 heavy (non-hydrogen) atoms. The molecule has 0 unspecified atom stereocenters. The van der Waals surface area contributed by atoms with Crippen LogP contribution in [0.2, 0.25) is 0 Å². The molecule has 1 aliphatic carbocycles. The van der Waals surface area contributed by atoms with E-state index in [0.29, 0.717) is 0 Å². The summed E-state index contributed by atoms with van der Waals surface area (Å²) >= 11 is 1.87. The van der Waals surface area contributed by atoms with Crippen LogP contribution in [0.5, 0.6) is 0 Å². The van der Waals surface area contributed by atoms with Gasteiger partial charge in [-0.05, 0) is 91.7 Å². The van der Waals surface area contributed by atoms with E-state index >= 15 is 0 Å². The second-order valence-corrected chi connectivity index (χ2v) is 17.0. The number of hydrogen-bond donors (Lipinski definition) is 0. The number of thiophene rings is 1. The fraction of sp³-hybridized carbons (Fsp3) is 0.0169. The minimum atomic E-state index is -0.516. The molecule has 11 aromatic rings. The Bertz CT molecular complexity index is 3390. The summed E-state index contributed by atoms with van der Waals surface area (Å²) in [6.45, 7) is 0. The van der Waals surface area contributed by atoms with Gasteiger partial charge in [0.15, 0.2) is 0 Å². The largest absolute Gasteiger partial charge is 0.309 e. The van der Waals surface area contributed by atoms with Gasteiger partial charge in [0.2, 0.25) is 0 Å². The van der Waals surface area contributed by atoms with Crippen molar-refractivity contribution in [1.29, 1.82) is 0 Å². The molecule has 0 saturated carbocycles. The third-order valence-electron chi connectivity index (χ3n) is 12.7. The van der Waals surface area contributed by atoms with Crippen molar-refractivity contribution in [2.75, 3.05) is 4.90 Å². The normalized spacial score (nSPS) is 12.7. The predicted molar refractivity (Wildman–Crippen MR) is 260 cm³/mol. The Hall–Kier alpha value is -7.52. The molecule has 0 spiro atoms. The van der Waals surface area contributed by atoms with E-state index in [2.05, 4.69) is 241 Å². The monoisotopic (exact) mass is 793 g/mol. The van der Waals surface area contributed by atoms with Crippen LogP contribution in [0.3, 0.4) is 0 Å². The van der Waals surface area contributed by atoms with Crippen molar-refractivity contribution in [3.63, 3.8) is 0 Å². The molecule has 0 amide bonds. The van der Waals surface area contributed by atoms with E-state index in [1.165, 1.54) is 86.6 Å². The first-order chi connectivity index (χ1) is 30.3. The van der Waals surface area contributed by atoms with Gasteiger partial charge in [-0.25, -0.2) is 0 Å². The number of anilines is 3. The summed E-state index contributed by atoms with van der Waals surface area (Å²) in [5.41, 5.74) is 15.3. The van der Waals surface area contributed by atoms with Gasteiger partial charge in [0.05, 0.1) is 16.8 Å². The second-order valence-electron chi connectivity index (χ2n) is 16.0. The molecule has 0 saturated heterocycles. The Labute approximate surface area is 360 Å². The molecule has 0 bridgehead atoms. The Morgan fingerprint density at radius 1 is 0.344 bits per heavy atom. The number of hydrogen-bond acceptors (Lipinski definition) is 2. The second kappa shape index (κ2) is 14.3. The quantitative estimate of drug-likeness (QED) is 0.155. The van der Waals surface area contributed by atoms with Gasteiger partial charge in [-0.3, -0.25) is 0 Å². The number of rotatable bonds is 7. The lowest BCUT2D eigenvalue weighted by Crippen LogP contribution is -2.28. The van der Waals surface area contributed by atoms with Crippen LogP contribution in [0.15, 0.2) is 237 Å². The van der Waals surface area contributed by atoms with Crippen molar-refractivity contribution in [3.8, 4) is 33.4 Å². The maximum Gasteiger partial charge on any atom is 0.0714 e. The van der Waals surface area contributed by atoms with Crippen molar-refractivity contribution in [3.05, 3.63) is 259 Å². The fourth-order valence-corrected chi connectivity index (χ4v) is 11.3. The third kappa shape index (κ3) is 5.53. The molecule has 286 valence electrons. The summed E-state index contributed by atoms with van der Waals surface area (Å²) in [4.78, 5) is 2.53. The van der Waals surface area contributed by atoms with E-state index in [-0.39, 0.29) is 0 Å². The first-order valence-corrected chi connectivity index (χ1v) is 21.8. The van der Waals surface area contributed by atoms with Crippen molar-refractivity contribution in [2.24, 2.45) is 0 Å². The van der Waals surface area contributed by atoms with Crippen molar-refractivity contribution in [1.82, 2.24) is 0 Å². The third-order valence-corrected chi connectivity index (χ3v) is 13.9. The molecule has 0 fully saturated rings. The van der Waals surface area contributed by atoms with Crippen LogP contribution in [-0.4, -0.2) is 0 Å². The summed E-state index contributed by atoms with van der Waals surface area (Å²) in [5.74, 6) is 0. The van der Waals surface area contributed by atoms with Crippen molar-refractivity contribution >= 4 is 59.3 Å². The molecule has 1 nitrogen and oxygen atoms in total. The Morgan fingerprint density at radius 3 is 1.72 bits per heavy atom. The van der Waals surface area contributed by atoms with Crippen LogP contribution < -0.4 is 4.90 Å². The molecule has 0 atom stereocenters. The lowest BCUT2D eigenvalue weighted by atomic mass is 9.68. The summed E-state index contributed by atoms with van der Waals surface area (Å²) in [6, 6.07) is 87.4. The molecular formula is C59H39NS. The van der Waals surface area contributed by atoms with Gasteiger partial charge in [0.25, 0.3) is 0 Å². The van der Waals surface area contributed by atoms with E-state index in [9.17, 15) is 0 Å². The van der Waals surface area contributed by atoms with Gasteiger partial charge in [0.1, 0.15) is 0 Å². The van der Waals surface area contributed by atoms with Crippen molar-refractivity contribution in [2.45, 2.75) is 5.41 Å². The topological polar surface area (TPSA) is 3.24 Å². The SMILES string of the molecule is c1ccc(C2(c3ccccc3)c3ccccc3-c3c(N(c4ccc5c(c4)sc4ccccc45)c4ccccc4-c4cccc(-c5cccc6ccccc56)c4)cccc32)cc1. The fourth-order valence-electron chi connectivity index (χ4n) is 10.2. The van der Waals surface area contributed by atoms with Gasteiger partial charge in [-0.1, -0.05) is 200 Å². The maximum absolute atomic E-state index is 2.53. The lowest BCUT2D eigenvalue weighted by Gasteiger charge is -2.34. The highest BCUT2D eigenvalue weighted by molar-refractivity contribution is 7.25. The number of nitrogens with zero attached hydrogens (tertiary/aromatic N) is 1. The highest BCUT2D eigenvalue weighted by Gasteiger charge is 2.47. The molecule has 1 aromatic heterocycles. The average Bonchev–Trinajstić information content (AvgIpc) is 3.86.